The number of halogens is 2. The van der Waals surface area contributed by atoms with Crippen LogP contribution in [-0.2, 0) is 17.9 Å². The van der Waals surface area contributed by atoms with Crippen molar-refractivity contribution in [1.29, 1.82) is 0 Å². The normalized spacial score (nSPS) is 14.7. The van der Waals surface area contributed by atoms with Crippen LogP contribution in [0.25, 0.3) is 11.3 Å². The van der Waals surface area contributed by atoms with Gasteiger partial charge in [-0.05, 0) is 28.8 Å². The molecule has 8 nitrogen and oxygen atoms in total. The van der Waals surface area contributed by atoms with Crippen molar-refractivity contribution in [2.24, 2.45) is 0 Å². The Hall–Kier alpha value is -3.27. The Bertz CT molecular complexity index is 1330. The van der Waals surface area contributed by atoms with Crippen LogP contribution in [-0.4, -0.2) is 58.0 Å². The topological polar surface area (TPSA) is 92.6 Å². The molecule has 0 radical (unpaired) electrons. The molecule has 0 amide bonds. The maximum atomic E-state index is 9.73. The van der Waals surface area contributed by atoms with Crippen LogP contribution >= 0.6 is 23.2 Å². The van der Waals surface area contributed by atoms with Gasteiger partial charge >= 0.3 is 6.01 Å². The first-order valence-corrected chi connectivity index (χ1v) is 13.5. The quantitative estimate of drug-likeness (QED) is 0.268. The zero-order chi connectivity index (χ0) is 27.0. The van der Waals surface area contributed by atoms with E-state index >= 15 is 0 Å². The summed E-state index contributed by atoms with van der Waals surface area (Å²) in [6.45, 7) is 5.51. The van der Waals surface area contributed by atoms with E-state index in [1.807, 2.05) is 18.2 Å². The summed E-state index contributed by atoms with van der Waals surface area (Å²) in [5.41, 5.74) is 4.53. The molecule has 202 valence electrons. The molecule has 39 heavy (non-hydrogen) atoms. The van der Waals surface area contributed by atoms with Crippen LogP contribution in [0.1, 0.15) is 22.7 Å². The van der Waals surface area contributed by atoms with Gasteiger partial charge in [0.25, 0.3) is 0 Å². The van der Waals surface area contributed by atoms with Gasteiger partial charge in [0.15, 0.2) is 5.75 Å². The van der Waals surface area contributed by atoms with E-state index < -0.39 is 0 Å². The summed E-state index contributed by atoms with van der Waals surface area (Å²) < 4.78 is 11.2. The van der Waals surface area contributed by atoms with Crippen molar-refractivity contribution in [2.75, 3.05) is 32.8 Å². The van der Waals surface area contributed by atoms with Gasteiger partial charge in [0.1, 0.15) is 12.3 Å². The number of hydrogen-bond acceptors (Lipinski definition) is 8. The van der Waals surface area contributed by atoms with E-state index in [4.69, 9.17) is 32.7 Å². The van der Waals surface area contributed by atoms with E-state index in [1.165, 1.54) is 17.3 Å². The average molecular weight is 566 g/mol. The lowest BCUT2D eigenvalue weighted by Crippen LogP contribution is -2.41. The summed E-state index contributed by atoms with van der Waals surface area (Å²) in [5.74, 6) is -0.172. The molecule has 2 N–H and O–H groups in total. The van der Waals surface area contributed by atoms with Gasteiger partial charge < -0.3 is 19.9 Å². The smallest absolute Gasteiger partial charge is 0.336 e. The van der Waals surface area contributed by atoms with Crippen LogP contribution in [0.3, 0.4) is 0 Å². The van der Waals surface area contributed by atoms with Gasteiger partial charge in [-0.15, -0.1) is 5.10 Å². The predicted octanol–water partition coefficient (Wildman–Crippen LogP) is 5.29. The van der Waals surface area contributed by atoms with E-state index in [2.05, 4.69) is 61.8 Å². The van der Waals surface area contributed by atoms with Crippen molar-refractivity contribution in [1.82, 2.24) is 25.4 Å². The Morgan fingerprint density at radius 2 is 1.64 bits per heavy atom. The van der Waals surface area contributed by atoms with Crippen LogP contribution in [0, 0.1) is 0 Å². The zero-order valence-corrected chi connectivity index (χ0v) is 22.8. The fourth-order valence-electron chi connectivity index (χ4n) is 4.33. The monoisotopic (exact) mass is 565 g/mol. The molecule has 10 heteroatoms. The second-order valence-corrected chi connectivity index (χ2v) is 10.1. The van der Waals surface area contributed by atoms with Crippen molar-refractivity contribution in [3.8, 4) is 23.0 Å². The highest BCUT2D eigenvalue weighted by Gasteiger charge is 2.18. The Morgan fingerprint density at radius 3 is 2.31 bits per heavy atom. The molecule has 1 saturated heterocycles. The van der Waals surface area contributed by atoms with E-state index in [0.29, 0.717) is 17.9 Å². The summed E-state index contributed by atoms with van der Waals surface area (Å²) in [4.78, 5) is 6.68. The molecular formula is C29H29Cl2N5O3. The van der Waals surface area contributed by atoms with Crippen LogP contribution < -0.4 is 10.1 Å². The molecule has 1 aromatic heterocycles. The van der Waals surface area contributed by atoms with Crippen LogP contribution in [0.2, 0.25) is 10.0 Å². The minimum atomic E-state index is -0.172. The minimum absolute atomic E-state index is 0.131. The van der Waals surface area contributed by atoms with Gasteiger partial charge in [0.2, 0.25) is 0 Å². The van der Waals surface area contributed by atoms with E-state index in [0.717, 1.165) is 45.0 Å². The second-order valence-electron chi connectivity index (χ2n) is 9.28. The number of hydrogen-bond donors (Lipinski definition) is 2. The van der Waals surface area contributed by atoms with E-state index in [-0.39, 0.29) is 27.8 Å². The molecule has 3 aromatic carbocycles. The lowest BCUT2D eigenvalue weighted by molar-refractivity contribution is 0.0333. The highest BCUT2D eigenvalue weighted by atomic mass is 35.5. The Morgan fingerprint density at radius 1 is 0.949 bits per heavy atom. The maximum absolute atomic E-state index is 9.73. The third kappa shape index (κ3) is 7.44. The average Bonchev–Trinajstić information content (AvgIpc) is 2.98. The number of morpholine rings is 1. The van der Waals surface area contributed by atoms with E-state index in [1.54, 1.807) is 12.1 Å². The standard InChI is InChI=1S/C29H29Cl2N5O3/c30-24-14-23(15-25(31)28(24)37)26-17-33-29(35-34-26)39-19-21-8-6-20(7-9-21)16-32-27(22-4-2-1-3-5-22)18-36-10-12-38-13-11-36/h1-9,14-15,17,27,32,37H,10-13,16,18-19H2. The molecule has 5 rings (SSSR count). The third-order valence-electron chi connectivity index (χ3n) is 6.54. The van der Waals surface area contributed by atoms with Crippen molar-refractivity contribution in [3.05, 3.63) is 99.7 Å². The highest BCUT2D eigenvalue weighted by molar-refractivity contribution is 6.37. The molecule has 0 saturated carbocycles. The largest absolute Gasteiger partial charge is 0.505 e. The molecule has 0 bridgehead atoms. The lowest BCUT2D eigenvalue weighted by atomic mass is 10.1. The van der Waals surface area contributed by atoms with Gasteiger partial charge in [0.05, 0.1) is 29.5 Å². The van der Waals surface area contributed by atoms with Crippen LogP contribution in [0.4, 0.5) is 0 Å². The number of nitrogens with zero attached hydrogens (tertiary/aromatic N) is 4. The molecule has 1 aliphatic rings. The first kappa shape index (κ1) is 27.3. The van der Waals surface area contributed by atoms with Crippen molar-refractivity contribution in [3.63, 3.8) is 0 Å². The molecular weight excluding hydrogens is 537 g/mol. The third-order valence-corrected chi connectivity index (χ3v) is 7.12. The highest BCUT2D eigenvalue weighted by Crippen LogP contribution is 2.35. The number of nitrogens with one attached hydrogen (secondary N) is 1. The maximum Gasteiger partial charge on any atom is 0.336 e. The number of phenolic OH excluding ortho intramolecular Hbond substituents is 1. The van der Waals surface area contributed by atoms with Crippen molar-refractivity contribution in [2.45, 2.75) is 19.2 Å². The summed E-state index contributed by atoms with van der Waals surface area (Å²) in [6, 6.07) is 22.4. The van der Waals surface area contributed by atoms with Gasteiger partial charge in [-0.25, -0.2) is 4.98 Å². The first-order chi connectivity index (χ1) is 19.0. The number of phenols is 1. The molecule has 1 aliphatic heterocycles. The summed E-state index contributed by atoms with van der Waals surface area (Å²) in [5, 5.41) is 21.9. The molecule has 1 atom stereocenters. The van der Waals surface area contributed by atoms with Crippen LogP contribution in [0.5, 0.6) is 11.8 Å². The Kier molecular flexibility index (Phi) is 9.23. The van der Waals surface area contributed by atoms with E-state index in [9.17, 15) is 5.11 Å². The fraction of sp³-hybridized carbons (Fsp3) is 0.276. The number of ether oxygens (including phenoxy) is 2. The fourth-order valence-corrected chi connectivity index (χ4v) is 4.82. The molecule has 2 heterocycles. The second kappa shape index (κ2) is 13.2. The zero-order valence-electron chi connectivity index (χ0n) is 21.3. The van der Waals surface area contributed by atoms with Crippen LogP contribution in [0.15, 0.2) is 72.9 Å². The Balaban J connectivity index is 1.15. The Labute approximate surface area is 237 Å². The van der Waals surface area contributed by atoms with Gasteiger partial charge in [-0.1, -0.05) is 82.9 Å². The van der Waals surface area contributed by atoms with Crippen molar-refractivity contribution < 1.29 is 14.6 Å². The lowest BCUT2D eigenvalue weighted by Gasteiger charge is -2.31. The van der Waals surface area contributed by atoms with Gasteiger partial charge in [-0.3, -0.25) is 4.90 Å². The molecule has 1 unspecified atom stereocenters. The summed E-state index contributed by atoms with van der Waals surface area (Å²) in [6.07, 6.45) is 1.52. The number of rotatable bonds is 10. The first-order valence-electron chi connectivity index (χ1n) is 12.7. The molecule has 4 aromatic rings. The molecule has 0 aliphatic carbocycles. The van der Waals surface area contributed by atoms with Crippen molar-refractivity contribution >= 4 is 23.2 Å². The predicted molar refractivity (Wildman–Crippen MR) is 151 cm³/mol. The molecule has 0 spiro atoms. The summed E-state index contributed by atoms with van der Waals surface area (Å²) in [7, 11) is 0. The number of benzene rings is 3. The van der Waals surface area contributed by atoms with Gasteiger partial charge in [0, 0.05) is 37.8 Å². The van der Waals surface area contributed by atoms with Gasteiger partial charge in [-0.2, -0.15) is 0 Å². The SMILES string of the molecule is Oc1c(Cl)cc(-c2cnc(OCc3ccc(CNC(CN4CCOCC4)c4ccccc4)cc3)nn2)cc1Cl. The summed E-state index contributed by atoms with van der Waals surface area (Å²) >= 11 is 12.0. The molecule has 1 fully saturated rings. The number of aromatic nitrogens is 3. The number of aromatic hydroxyl groups is 1. The minimum Gasteiger partial charge on any atom is -0.505 e.